The molecule has 0 aromatic heterocycles. The second-order valence-electron chi connectivity index (χ2n) is 3.39. The van der Waals surface area contributed by atoms with Gasteiger partial charge in [-0.3, -0.25) is 4.79 Å². The number of hydrogen-bond acceptors (Lipinski definition) is 3. The SMILES string of the molecule is CC(C#N)C(=O)N(C)CCCCCO. The van der Waals surface area contributed by atoms with Gasteiger partial charge in [0.2, 0.25) is 5.91 Å². The minimum Gasteiger partial charge on any atom is -0.396 e. The predicted octanol–water partition coefficient (Wildman–Crippen LogP) is 0.767. The molecule has 0 saturated heterocycles. The minimum atomic E-state index is -0.558. The number of amides is 1. The quantitative estimate of drug-likeness (QED) is 0.641. The highest BCUT2D eigenvalue weighted by atomic mass is 16.2. The molecule has 0 aliphatic carbocycles. The van der Waals surface area contributed by atoms with E-state index in [1.807, 2.05) is 6.07 Å². The van der Waals surface area contributed by atoms with Crippen molar-refractivity contribution in [2.45, 2.75) is 26.2 Å². The standard InChI is InChI=1S/C10H18N2O2/c1-9(8-11)10(14)12(2)6-4-3-5-7-13/h9,13H,3-7H2,1-2H3. The fourth-order valence-electron chi connectivity index (χ4n) is 1.13. The Morgan fingerprint density at radius 3 is 2.64 bits per heavy atom. The van der Waals surface area contributed by atoms with Crippen LogP contribution in [0.1, 0.15) is 26.2 Å². The van der Waals surface area contributed by atoms with Crippen LogP contribution in [-0.4, -0.2) is 36.1 Å². The number of nitriles is 1. The van der Waals surface area contributed by atoms with Gasteiger partial charge in [0.15, 0.2) is 0 Å². The molecule has 0 spiro atoms. The molecule has 80 valence electrons. The molecule has 0 aliphatic rings. The Morgan fingerprint density at radius 2 is 2.14 bits per heavy atom. The van der Waals surface area contributed by atoms with Crippen LogP contribution in [0.15, 0.2) is 0 Å². The number of hydrogen-bond donors (Lipinski definition) is 1. The van der Waals surface area contributed by atoms with E-state index < -0.39 is 5.92 Å². The van der Waals surface area contributed by atoms with Gasteiger partial charge in [-0.2, -0.15) is 5.26 Å². The number of carbonyl (C=O) groups is 1. The van der Waals surface area contributed by atoms with Crippen molar-refractivity contribution in [2.24, 2.45) is 5.92 Å². The van der Waals surface area contributed by atoms with Crippen LogP contribution in [-0.2, 0) is 4.79 Å². The van der Waals surface area contributed by atoms with Crippen molar-refractivity contribution in [1.29, 1.82) is 5.26 Å². The van der Waals surface area contributed by atoms with Crippen LogP contribution in [0.4, 0.5) is 0 Å². The van der Waals surface area contributed by atoms with Crippen LogP contribution in [0.25, 0.3) is 0 Å². The number of nitrogens with zero attached hydrogens (tertiary/aromatic N) is 2. The number of rotatable bonds is 6. The molecular weight excluding hydrogens is 180 g/mol. The Morgan fingerprint density at radius 1 is 1.50 bits per heavy atom. The molecule has 14 heavy (non-hydrogen) atoms. The molecule has 1 atom stereocenters. The van der Waals surface area contributed by atoms with Gasteiger partial charge < -0.3 is 10.0 Å². The van der Waals surface area contributed by atoms with E-state index in [2.05, 4.69) is 0 Å². The Bertz CT molecular complexity index is 211. The Hall–Kier alpha value is -1.08. The maximum absolute atomic E-state index is 11.4. The normalized spacial score (nSPS) is 11.9. The molecule has 0 rings (SSSR count). The molecule has 1 unspecified atom stereocenters. The molecule has 0 radical (unpaired) electrons. The Labute approximate surface area is 85.1 Å². The van der Waals surface area contributed by atoms with Gasteiger partial charge in [-0.15, -0.1) is 0 Å². The van der Waals surface area contributed by atoms with Crippen molar-refractivity contribution < 1.29 is 9.90 Å². The summed E-state index contributed by atoms with van der Waals surface area (Å²) in [5.74, 6) is -0.686. The van der Waals surface area contributed by atoms with Crippen molar-refractivity contribution in [2.75, 3.05) is 20.2 Å². The van der Waals surface area contributed by atoms with Crippen LogP contribution in [0.5, 0.6) is 0 Å². The Balaban J connectivity index is 3.69. The summed E-state index contributed by atoms with van der Waals surface area (Å²) in [6.45, 7) is 2.46. The second-order valence-corrected chi connectivity index (χ2v) is 3.39. The summed E-state index contributed by atoms with van der Waals surface area (Å²) in [6.07, 6.45) is 2.56. The fourth-order valence-corrected chi connectivity index (χ4v) is 1.13. The van der Waals surface area contributed by atoms with Crippen LogP contribution in [0.3, 0.4) is 0 Å². The van der Waals surface area contributed by atoms with Crippen molar-refractivity contribution in [3.8, 4) is 6.07 Å². The first-order chi connectivity index (χ1) is 6.63. The summed E-state index contributed by atoms with van der Waals surface area (Å²) < 4.78 is 0. The largest absolute Gasteiger partial charge is 0.396 e. The van der Waals surface area contributed by atoms with Crippen LogP contribution < -0.4 is 0 Å². The highest BCUT2D eigenvalue weighted by Gasteiger charge is 2.15. The molecule has 0 fully saturated rings. The summed E-state index contributed by atoms with van der Waals surface area (Å²) in [4.78, 5) is 13.0. The Kier molecular flexibility index (Phi) is 6.77. The van der Waals surface area contributed by atoms with Gasteiger partial charge in [-0.1, -0.05) is 0 Å². The zero-order valence-corrected chi connectivity index (χ0v) is 8.86. The van der Waals surface area contributed by atoms with Gasteiger partial charge >= 0.3 is 0 Å². The van der Waals surface area contributed by atoms with Crippen LogP contribution in [0, 0.1) is 17.2 Å². The molecule has 0 heterocycles. The number of aliphatic hydroxyl groups is 1. The summed E-state index contributed by atoms with van der Waals surface area (Å²) in [6, 6.07) is 1.92. The summed E-state index contributed by atoms with van der Waals surface area (Å²) in [7, 11) is 1.70. The lowest BCUT2D eigenvalue weighted by molar-refractivity contribution is -0.132. The van der Waals surface area contributed by atoms with E-state index in [1.54, 1.807) is 18.9 Å². The molecular formula is C10H18N2O2. The predicted molar refractivity (Wildman–Crippen MR) is 53.4 cm³/mol. The monoisotopic (exact) mass is 198 g/mol. The molecule has 0 aromatic rings. The first-order valence-electron chi connectivity index (χ1n) is 4.89. The molecule has 0 bridgehead atoms. The molecule has 1 N–H and O–H groups in total. The van der Waals surface area contributed by atoms with E-state index in [4.69, 9.17) is 10.4 Å². The molecule has 1 amide bonds. The first kappa shape index (κ1) is 12.9. The highest BCUT2D eigenvalue weighted by molar-refractivity contribution is 5.80. The van der Waals surface area contributed by atoms with Gasteiger partial charge in [0.25, 0.3) is 0 Å². The summed E-state index contributed by atoms with van der Waals surface area (Å²) in [5.41, 5.74) is 0. The third-order valence-corrected chi connectivity index (χ3v) is 2.09. The van der Waals surface area contributed by atoms with Crippen molar-refractivity contribution in [3.05, 3.63) is 0 Å². The van der Waals surface area contributed by atoms with Gasteiger partial charge in [-0.25, -0.2) is 0 Å². The lowest BCUT2D eigenvalue weighted by atomic mass is 10.1. The van der Waals surface area contributed by atoms with Crippen molar-refractivity contribution in [3.63, 3.8) is 0 Å². The minimum absolute atomic E-state index is 0.128. The highest BCUT2D eigenvalue weighted by Crippen LogP contribution is 2.02. The van der Waals surface area contributed by atoms with Crippen LogP contribution >= 0.6 is 0 Å². The number of carbonyl (C=O) groups excluding carboxylic acids is 1. The molecule has 0 saturated carbocycles. The number of aliphatic hydroxyl groups excluding tert-OH is 1. The van der Waals surface area contributed by atoms with E-state index in [0.29, 0.717) is 6.54 Å². The van der Waals surface area contributed by atoms with Crippen molar-refractivity contribution >= 4 is 5.91 Å². The van der Waals surface area contributed by atoms with Gasteiger partial charge in [0, 0.05) is 20.2 Å². The first-order valence-corrected chi connectivity index (χ1v) is 4.89. The average molecular weight is 198 g/mol. The summed E-state index contributed by atoms with van der Waals surface area (Å²) in [5, 5.41) is 17.1. The molecule has 0 aromatic carbocycles. The molecule has 0 aliphatic heterocycles. The van der Waals surface area contributed by atoms with E-state index in [9.17, 15) is 4.79 Å². The van der Waals surface area contributed by atoms with Gasteiger partial charge in [0.1, 0.15) is 5.92 Å². The van der Waals surface area contributed by atoms with Gasteiger partial charge in [0.05, 0.1) is 6.07 Å². The lowest BCUT2D eigenvalue weighted by Crippen LogP contribution is -2.31. The van der Waals surface area contributed by atoms with E-state index >= 15 is 0 Å². The topological polar surface area (TPSA) is 64.3 Å². The third kappa shape index (κ3) is 4.83. The van der Waals surface area contributed by atoms with E-state index in [1.165, 1.54) is 0 Å². The summed E-state index contributed by atoms with van der Waals surface area (Å²) >= 11 is 0. The third-order valence-electron chi connectivity index (χ3n) is 2.09. The lowest BCUT2D eigenvalue weighted by Gasteiger charge is -2.17. The van der Waals surface area contributed by atoms with Gasteiger partial charge in [-0.05, 0) is 26.2 Å². The second kappa shape index (κ2) is 7.34. The number of unbranched alkanes of at least 4 members (excludes halogenated alkanes) is 2. The van der Waals surface area contributed by atoms with Crippen molar-refractivity contribution in [1.82, 2.24) is 4.90 Å². The zero-order valence-electron chi connectivity index (χ0n) is 8.86. The zero-order chi connectivity index (χ0) is 11.0. The van der Waals surface area contributed by atoms with E-state index in [0.717, 1.165) is 19.3 Å². The average Bonchev–Trinajstić information content (AvgIpc) is 2.21. The molecule has 4 nitrogen and oxygen atoms in total. The van der Waals surface area contributed by atoms with Crippen LogP contribution in [0.2, 0.25) is 0 Å². The maximum Gasteiger partial charge on any atom is 0.239 e. The maximum atomic E-state index is 11.4. The smallest absolute Gasteiger partial charge is 0.239 e. The van der Waals surface area contributed by atoms with E-state index in [-0.39, 0.29) is 12.5 Å². The fraction of sp³-hybridized carbons (Fsp3) is 0.800. The molecule has 4 heteroatoms.